The third-order valence-corrected chi connectivity index (χ3v) is 2.96. The average molecular weight is 218 g/mol. The fourth-order valence-electron chi connectivity index (χ4n) is 0.859. The summed E-state index contributed by atoms with van der Waals surface area (Å²) in [5.41, 5.74) is 5.46. The van der Waals surface area contributed by atoms with E-state index in [4.69, 9.17) is 5.73 Å². The van der Waals surface area contributed by atoms with Crippen LogP contribution in [0.5, 0.6) is 0 Å². The normalized spacial score (nSPS) is 11.3. The predicted molar refractivity (Wildman–Crippen MR) is 53.9 cm³/mol. The molecule has 78 valence electrons. The zero-order chi connectivity index (χ0) is 10.8. The van der Waals surface area contributed by atoms with Crippen molar-refractivity contribution < 1.29 is 12.8 Å². The maximum Gasteiger partial charge on any atom is 0.232 e. The van der Waals surface area contributed by atoms with Crippen LogP contribution in [0.2, 0.25) is 0 Å². The molecule has 1 aromatic carbocycles. The van der Waals surface area contributed by atoms with Crippen LogP contribution in [0.25, 0.3) is 0 Å². The Kier molecular flexibility index (Phi) is 2.95. The highest BCUT2D eigenvalue weighted by Gasteiger charge is 2.07. The first kappa shape index (κ1) is 10.8. The molecule has 0 fully saturated rings. The molecular formula is C8H11FN2O2S. The Morgan fingerprint density at radius 1 is 1.50 bits per heavy atom. The van der Waals surface area contributed by atoms with E-state index in [1.807, 2.05) is 0 Å². The van der Waals surface area contributed by atoms with Crippen molar-refractivity contribution in [2.75, 3.05) is 16.2 Å². The van der Waals surface area contributed by atoms with E-state index in [0.717, 1.165) is 6.07 Å². The molecule has 6 heteroatoms. The average Bonchev–Trinajstić information content (AvgIpc) is 2.11. The van der Waals surface area contributed by atoms with E-state index in [0.29, 0.717) is 0 Å². The lowest BCUT2D eigenvalue weighted by Gasteiger charge is -2.06. The summed E-state index contributed by atoms with van der Waals surface area (Å²) >= 11 is 0. The summed E-state index contributed by atoms with van der Waals surface area (Å²) < 4.78 is 37.2. The molecule has 0 unspecified atom stereocenters. The van der Waals surface area contributed by atoms with E-state index in [2.05, 4.69) is 4.72 Å². The molecular weight excluding hydrogens is 207 g/mol. The largest absolute Gasteiger partial charge is 0.396 e. The smallest absolute Gasteiger partial charge is 0.232 e. The molecule has 14 heavy (non-hydrogen) atoms. The molecule has 0 spiro atoms. The standard InChI is InChI=1S/C8H11FN2O2S/c1-2-14(12,13)11-6-3-4-7(9)8(10)5-6/h3-5,11H,2,10H2,1H3. The number of benzene rings is 1. The number of nitrogens with two attached hydrogens (primary N) is 1. The van der Waals surface area contributed by atoms with Crippen molar-refractivity contribution >= 4 is 21.4 Å². The number of hydrogen-bond donors (Lipinski definition) is 2. The van der Waals surface area contributed by atoms with Crippen LogP contribution in [0.15, 0.2) is 18.2 Å². The molecule has 4 nitrogen and oxygen atoms in total. The molecule has 0 bridgehead atoms. The van der Waals surface area contributed by atoms with Crippen molar-refractivity contribution in [1.29, 1.82) is 0 Å². The third kappa shape index (κ3) is 2.59. The van der Waals surface area contributed by atoms with Crippen LogP contribution in [0, 0.1) is 5.82 Å². The van der Waals surface area contributed by atoms with Crippen molar-refractivity contribution in [3.8, 4) is 0 Å². The monoisotopic (exact) mass is 218 g/mol. The van der Waals surface area contributed by atoms with Crippen LogP contribution >= 0.6 is 0 Å². The number of hydrogen-bond acceptors (Lipinski definition) is 3. The fraction of sp³-hybridized carbons (Fsp3) is 0.250. The van der Waals surface area contributed by atoms with Gasteiger partial charge in [-0.15, -0.1) is 0 Å². The first-order valence-corrected chi connectivity index (χ1v) is 5.65. The van der Waals surface area contributed by atoms with E-state index < -0.39 is 15.8 Å². The second-order valence-electron chi connectivity index (χ2n) is 2.74. The van der Waals surface area contributed by atoms with Crippen LogP contribution in [0.3, 0.4) is 0 Å². The summed E-state index contributed by atoms with van der Waals surface area (Å²) in [6.07, 6.45) is 0. The highest BCUT2D eigenvalue weighted by Crippen LogP contribution is 2.17. The molecule has 0 saturated carbocycles. The van der Waals surface area contributed by atoms with Gasteiger partial charge in [-0.1, -0.05) is 0 Å². The van der Waals surface area contributed by atoms with Crippen molar-refractivity contribution in [2.24, 2.45) is 0 Å². The Balaban J connectivity index is 2.94. The van der Waals surface area contributed by atoms with E-state index >= 15 is 0 Å². The van der Waals surface area contributed by atoms with E-state index in [9.17, 15) is 12.8 Å². The molecule has 0 aliphatic carbocycles. The fourth-order valence-corrected chi connectivity index (χ4v) is 1.49. The Morgan fingerprint density at radius 3 is 2.64 bits per heavy atom. The van der Waals surface area contributed by atoms with Crippen LogP contribution in [-0.4, -0.2) is 14.2 Å². The lowest BCUT2D eigenvalue weighted by Crippen LogP contribution is -2.14. The molecule has 0 amide bonds. The SMILES string of the molecule is CCS(=O)(=O)Nc1ccc(F)c(N)c1. The van der Waals surface area contributed by atoms with Crippen LogP contribution in [0.4, 0.5) is 15.8 Å². The lowest BCUT2D eigenvalue weighted by molar-refractivity contribution is 0.602. The van der Waals surface area contributed by atoms with Crippen molar-refractivity contribution in [3.05, 3.63) is 24.0 Å². The second-order valence-corrected chi connectivity index (χ2v) is 4.75. The quantitative estimate of drug-likeness (QED) is 0.748. The topological polar surface area (TPSA) is 72.2 Å². The second kappa shape index (κ2) is 3.83. The number of nitrogens with one attached hydrogen (secondary N) is 1. The highest BCUT2D eigenvalue weighted by atomic mass is 32.2. The zero-order valence-corrected chi connectivity index (χ0v) is 8.44. The maximum absolute atomic E-state index is 12.7. The molecule has 0 aromatic heterocycles. The van der Waals surface area contributed by atoms with E-state index in [-0.39, 0.29) is 17.1 Å². The lowest BCUT2D eigenvalue weighted by atomic mass is 10.3. The molecule has 1 aromatic rings. The van der Waals surface area contributed by atoms with Gasteiger partial charge in [0.2, 0.25) is 10.0 Å². The molecule has 3 N–H and O–H groups in total. The maximum atomic E-state index is 12.7. The van der Waals surface area contributed by atoms with Gasteiger partial charge in [0, 0.05) is 0 Å². The zero-order valence-electron chi connectivity index (χ0n) is 7.62. The first-order valence-electron chi connectivity index (χ1n) is 4.00. The Morgan fingerprint density at radius 2 is 2.14 bits per heavy atom. The summed E-state index contributed by atoms with van der Waals surface area (Å²) in [5.74, 6) is -0.603. The summed E-state index contributed by atoms with van der Waals surface area (Å²) in [5, 5.41) is 0. The highest BCUT2D eigenvalue weighted by molar-refractivity contribution is 7.92. The minimum Gasteiger partial charge on any atom is -0.396 e. The van der Waals surface area contributed by atoms with Crippen LogP contribution < -0.4 is 10.5 Å². The van der Waals surface area contributed by atoms with Crippen LogP contribution in [0.1, 0.15) is 6.92 Å². The molecule has 1 rings (SSSR count). The van der Waals surface area contributed by atoms with Gasteiger partial charge in [-0.3, -0.25) is 4.72 Å². The summed E-state index contributed by atoms with van der Waals surface area (Å²) in [6.45, 7) is 1.51. The van der Waals surface area contributed by atoms with Gasteiger partial charge < -0.3 is 5.73 Å². The minimum absolute atomic E-state index is 0.0374. The van der Waals surface area contributed by atoms with Gasteiger partial charge in [0.25, 0.3) is 0 Å². The number of halogens is 1. The molecule has 0 aliphatic heterocycles. The van der Waals surface area contributed by atoms with Gasteiger partial charge in [-0.25, -0.2) is 12.8 Å². The number of nitrogen functional groups attached to an aromatic ring is 1. The van der Waals surface area contributed by atoms with Crippen molar-refractivity contribution in [3.63, 3.8) is 0 Å². The van der Waals surface area contributed by atoms with Gasteiger partial charge in [-0.2, -0.15) is 0 Å². The van der Waals surface area contributed by atoms with Crippen molar-refractivity contribution in [1.82, 2.24) is 0 Å². The molecule has 0 radical (unpaired) electrons. The number of sulfonamides is 1. The van der Waals surface area contributed by atoms with Gasteiger partial charge in [0.1, 0.15) is 5.82 Å². The Bertz CT molecular complexity index is 431. The Labute approximate surface area is 82.0 Å². The van der Waals surface area contributed by atoms with Gasteiger partial charge >= 0.3 is 0 Å². The third-order valence-electron chi connectivity index (χ3n) is 1.65. The Hall–Kier alpha value is -1.30. The summed E-state index contributed by atoms with van der Waals surface area (Å²) in [4.78, 5) is 0. The predicted octanol–water partition coefficient (Wildman–Crippen LogP) is 1.17. The molecule has 0 saturated heterocycles. The van der Waals surface area contributed by atoms with E-state index in [1.165, 1.54) is 19.1 Å². The molecule has 0 aliphatic rings. The number of anilines is 2. The summed E-state index contributed by atoms with van der Waals surface area (Å²) in [7, 11) is -3.33. The van der Waals surface area contributed by atoms with Gasteiger partial charge in [0.05, 0.1) is 17.1 Å². The first-order chi connectivity index (χ1) is 6.44. The van der Waals surface area contributed by atoms with Crippen molar-refractivity contribution in [2.45, 2.75) is 6.92 Å². The molecule has 0 atom stereocenters. The van der Waals surface area contributed by atoms with Crippen LogP contribution in [-0.2, 0) is 10.0 Å². The minimum atomic E-state index is -3.33. The van der Waals surface area contributed by atoms with Gasteiger partial charge in [-0.05, 0) is 25.1 Å². The number of rotatable bonds is 3. The van der Waals surface area contributed by atoms with Gasteiger partial charge in [0.15, 0.2) is 0 Å². The molecule has 0 heterocycles. The summed E-state index contributed by atoms with van der Waals surface area (Å²) in [6, 6.07) is 3.67. The van der Waals surface area contributed by atoms with E-state index in [1.54, 1.807) is 0 Å².